The molecule has 0 spiro atoms. The van der Waals surface area contributed by atoms with Crippen molar-refractivity contribution in [3.05, 3.63) is 51.1 Å². The van der Waals surface area contributed by atoms with E-state index in [1.165, 1.54) is 28.7 Å². The molecule has 0 bridgehead atoms. The Morgan fingerprint density at radius 3 is 2.82 bits per heavy atom. The third-order valence-electron chi connectivity index (χ3n) is 5.00. The van der Waals surface area contributed by atoms with E-state index in [-0.39, 0.29) is 5.91 Å². The average molecular weight is 415 g/mol. The first kappa shape index (κ1) is 19.2. The van der Waals surface area contributed by atoms with Crippen LogP contribution in [0.15, 0.2) is 24.3 Å². The van der Waals surface area contributed by atoms with Gasteiger partial charge < -0.3 is 10.6 Å². The number of anilines is 1. The summed E-state index contributed by atoms with van der Waals surface area (Å²) in [6.07, 6.45) is 5.52. The van der Waals surface area contributed by atoms with Crippen LogP contribution in [-0.2, 0) is 19.3 Å². The van der Waals surface area contributed by atoms with Crippen molar-refractivity contribution >= 4 is 44.9 Å². The van der Waals surface area contributed by atoms with Crippen molar-refractivity contribution in [3.63, 3.8) is 0 Å². The molecule has 0 aliphatic heterocycles. The van der Waals surface area contributed by atoms with Gasteiger partial charge in [0, 0.05) is 24.4 Å². The maximum absolute atomic E-state index is 12.3. The Morgan fingerprint density at radius 2 is 2.00 bits per heavy atom. The number of rotatable bonds is 6. The van der Waals surface area contributed by atoms with Crippen LogP contribution in [0.25, 0.3) is 10.2 Å². The Hall–Kier alpha value is -2.18. The van der Waals surface area contributed by atoms with Crippen molar-refractivity contribution in [3.8, 4) is 0 Å². The molecular formula is C21H23ClN4OS. The predicted octanol–water partition coefficient (Wildman–Crippen LogP) is 4.63. The van der Waals surface area contributed by atoms with Gasteiger partial charge in [-0.1, -0.05) is 30.7 Å². The molecule has 2 heterocycles. The lowest BCUT2D eigenvalue weighted by Crippen LogP contribution is -2.29. The summed E-state index contributed by atoms with van der Waals surface area (Å²) >= 11 is 7.90. The molecule has 1 aliphatic rings. The molecule has 7 heteroatoms. The molecule has 28 heavy (non-hydrogen) atoms. The van der Waals surface area contributed by atoms with Gasteiger partial charge in [-0.15, -0.1) is 11.3 Å². The zero-order valence-corrected chi connectivity index (χ0v) is 17.4. The quantitative estimate of drug-likeness (QED) is 0.577. The molecular weight excluding hydrogens is 392 g/mol. The van der Waals surface area contributed by atoms with E-state index in [1.807, 2.05) is 23.5 Å². The minimum Gasteiger partial charge on any atom is -0.368 e. The van der Waals surface area contributed by atoms with Crippen LogP contribution in [0, 0.1) is 0 Å². The molecule has 5 nitrogen and oxygen atoms in total. The van der Waals surface area contributed by atoms with Crippen molar-refractivity contribution < 1.29 is 4.79 Å². The fourth-order valence-electron chi connectivity index (χ4n) is 3.59. The number of hydrogen-bond donors (Lipinski definition) is 2. The summed E-state index contributed by atoms with van der Waals surface area (Å²) in [6, 6.07) is 7.07. The van der Waals surface area contributed by atoms with E-state index in [9.17, 15) is 4.79 Å². The fraction of sp³-hybridized carbons (Fsp3) is 0.381. The van der Waals surface area contributed by atoms with Crippen molar-refractivity contribution in [2.45, 2.75) is 39.0 Å². The number of aryl methyl sites for hydroxylation is 3. The summed E-state index contributed by atoms with van der Waals surface area (Å²) in [5, 5.41) is 7.98. The molecule has 2 N–H and O–H groups in total. The number of thiophene rings is 1. The van der Waals surface area contributed by atoms with Gasteiger partial charge >= 0.3 is 0 Å². The zero-order valence-electron chi connectivity index (χ0n) is 15.8. The number of nitrogens with one attached hydrogen (secondary N) is 2. The third kappa shape index (κ3) is 3.84. The standard InChI is InChI=1S/C21H23ClN4OS/c1-2-17-25-19(18-14-8-4-6-10-16(14)28-21(18)26-17)23-11-12-24-20(27)13-7-3-5-9-15(13)22/h3,5,7,9H,2,4,6,8,10-12H2,1H3,(H,24,27)(H,23,25,26). The van der Waals surface area contributed by atoms with Crippen LogP contribution < -0.4 is 10.6 Å². The van der Waals surface area contributed by atoms with Gasteiger partial charge in [0.15, 0.2) is 0 Å². The van der Waals surface area contributed by atoms with Crippen LogP contribution in [0.2, 0.25) is 5.02 Å². The lowest BCUT2D eigenvalue weighted by Gasteiger charge is -2.13. The first-order valence-electron chi connectivity index (χ1n) is 9.75. The minimum absolute atomic E-state index is 0.164. The van der Waals surface area contributed by atoms with Gasteiger partial charge in [-0.25, -0.2) is 9.97 Å². The Labute approximate surface area is 173 Å². The lowest BCUT2D eigenvalue weighted by atomic mass is 9.97. The molecule has 1 amide bonds. The summed E-state index contributed by atoms with van der Waals surface area (Å²) in [6.45, 7) is 3.15. The van der Waals surface area contributed by atoms with Crippen LogP contribution in [0.1, 0.15) is 46.4 Å². The van der Waals surface area contributed by atoms with Crippen molar-refractivity contribution in [1.29, 1.82) is 0 Å². The van der Waals surface area contributed by atoms with Gasteiger partial charge in [0.05, 0.1) is 16.0 Å². The topological polar surface area (TPSA) is 66.9 Å². The molecule has 4 rings (SSSR count). The predicted molar refractivity (Wildman–Crippen MR) is 116 cm³/mol. The highest BCUT2D eigenvalue weighted by Gasteiger charge is 2.20. The second-order valence-corrected chi connectivity index (χ2v) is 8.39. The van der Waals surface area contributed by atoms with Gasteiger partial charge in [-0.2, -0.15) is 0 Å². The molecule has 2 aromatic heterocycles. The zero-order chi connectivity index (χ0) is 19.5. The van der Waals surface area contributed by atoms with E-state index >= 15 is 0 Å². The highest BCUT2D eigenvalue weighted by molar-refractivity contribution is 7.19. The van der Waals surface area contributed by atoms with Gasteiger partial charge in [0.1, 0.15) is 16.5 Å². The van der Waals surface area contributed by atoms with Crippen LogP contribution in [0.5, 0.6) is 0 Å². The number of aromatic nitrogens is 2. The van der Waals surface area contributed by atoms with Crippen LogP contribution in [0.3, 0.4) is 0 Å². The highest BCUT2D eigenvalue weighted by atomic mass is 35.5. The maximum Gasteiger partial charge on any atom is 0.252 e. The monoisotopic (exact) mass is 414 g/mol. The number of halogens is 1. The molecule has 0 radical (unpaired) electrons. The van der Waals surface area contributed by atoms with Gasteiger partial charge in [0.25, 0.3) is 5.91 Å². The first-order valence-corrected chi connectivity index (χ1v) is 10.9. The Kier molecular flexibility index (Phi) is 5.78. The molecule has 0 saturated carbocycles. The number of amides is 1. The third-order valence-corrected chi connectivity index (χ3v) is 6.51. The number of carbonyl (C=O) groups is 1. The van der Waals surface area contributed by atoms with Crippen LogP contribution in [0.4, 0.5) is 5.82 Å². The first-order chi connectivity index (χ1) is 13.7. The fourth-order valence-corrected chi connectivity index (χ4v) is 5.09. The van der Waals surface area contributed by atoms with Crippen molar-refractivity contribution in [2.75, 3.05) is 18.4 Å². The molecule has 0 atom stereocenters. The van der Waals surface area contributed by atoms with Crippen LogP contribution in [-0.4, -0.2) is 29.0 Å². The molecule has 0 saturated heterocycles. The van der Waals surface area contributed by atoms with Gasteiger partial charge in [-0.05, 0) is 43.4 Å². The summed E-state index contributed by atoms with van der Waals surface area (Å²) in [4.78, 5) is 24.3. The molecule has 0 unspecified atom stereocenters. The second-order valence-electron chi connectivity index (χ2n) is 6.90. The van der Waals surface area contributed by atoms with Gasteiger partial charge in [0.2, 0.25) is 0 Å². The lowest BCUT2D eigenvalue weighted by molar-refractivity contribution is 0.0955. The number of benzene rings is 1. The number of carbonyl (C=O) groups excluding carboxylic acids is 1. The van der Waals surface area contributed by atoms with E-state index in [4.69, 9.17) is 21.6 Å². The second kappa shape index (κ2) is 8.45. The smallest absolute Gasteiger partial charge is 0.252 e. The van der Waals surface area contributed by atoms with Crippen LogP contribution >= 0.6 is 22.9 Å². The minimum atomic E-state index is -0.164. The van der Waals surface area contributed by atoms with E-state index in [2.05, 4.69) is 17.6 Å². The molecule has 1 aromatic carbocycles. The molecule has 146 valence electrons. The number of hydrogen-bond acceptors (Lipinski definition) is 5. The van der Waals surface area contributed by atoms with E-state index in [0.717, 1.165) is 35.7 Å². The van der Waals surface area contributed by atoms with E-state index in [0.29, 0.717) is 23.7 Å². The Balaban J connectivity index is 1.48. The normalized spacial score (nSPS) is 13.4. The average Bonchev–Trinajstić information content (AvgIpc) is 3.09. The SMILES string of the molecule is CCc1nc(NCCNC(=O)c2ccccc2Cl)c2c3c(sc2n1)CCCC3. The van der Waals surface area contributed by atoms with E-state index < -0.39 is 0 Å². The summed E-state index contributed by atoms with van der Waals surface area (Å²) in [5.41, 5.74) is 1.91. The highest BCUT2D eigenvalue weighted by Crippen LogP contribution is 2.38. The maximum atomic E-state index is 12.3. The largest absolute Gasteiger partial charge is 0.368 e. The summed E-state index contributed by atoms with van der Waals surface area (Å²) < 4.78 is 0. The van der Waals surface area contributed by atoms with Crippen molar-refractivity contribution in [1.82, 2.24) is 15.3 Å². The number of fused-ring (bicyclic) bond motifs is 3. The Morgan fingerprint density at radius 1 is 1.18 bits per heavy atom. The number of nitrogens with zero attached hydrogens (tertiary/aromatic N) is 2. The molecule has 1 aliphatic carbocycles. The van der Waals surface area contributed by atoms with Crippen molar-refractivity contribution in [2.24, 2.45) is 0 Å². The molecule has 3 aromatic rings. The summed E-state index contributed by atoms with van der Waals surface area (Å²) in [5.74, 6) is 1.59. The van der Waals surface area contributed by atoms with Gasteiger partial charge in [-0.3, -0.25) is 4.79 Å². The summed E-state index contributed by atoms with van der Waals surface area (Å²) in [7, 11) is 0. The van der Waals surface area contributed by atoms with E-state index in [1.54, 1.807) is 12.1 Å². The molecule has 0 fully saturated rings. The Bertz CT molecular complexity index is 1020.